The average Bonchev–Trinajstić information content (AvgIpc) is 3.78. The Morgan fingerprint density at radius 3 is 2.81 bits per heavy atom. The van der Waals surface area contributed by atoms with E-state index in [2.05, 4.69) is 32.0 Å². The number of aromatic nitrogens is 4. The van der Waals surface area contributed by atoms with Crippen molar-refractivity contribution >= 4 is 22.5 Å². The van der Waals surface area contributed by atoms with Crippen molar-refractivity contribution in [3.05, 3.63) is 53.7 Å². The van der Waals surface area contributed by atoms with Crippen molar-refractivity contribution in [1.29, 1.82) is 0 Å². The van der Waals surface area contributed by atoms with Gasteiger partial charge in [0.25, 0.3) is 0 Å². The van der Waals surface area contributed by atoms with Crippen molar-refractivity contribution in [3.8, 4) is 22.9 Å². The summed E-state index contributed by atoms with van der Waals surface area (Å²) >= 11 is 0. The molecule has 0 radical (unpaired) electrons. The standard InChI is InChI=1S/C28H28FN7O/c1-31-21-10-16(29)9-20-19(21)11-22-24(20)26(35-13-23(30)28(14-35)5-6-28)34-27(33-22)37-18-8-15-4-7-36(17-2-3-17)25(15)32-12-18/h4,7-10,12,17,23,31H,2-3,5-6,11,13-14,30H2,1H3/t23-/m0/s1. The maximum Gasteiger partial charge on any atom is 0.324 e. The summed E-state index contributed by atoms with van der Waals surface area (Å²) in [5, 5.41) is 4.18. The van der Waals surface area contributed by atoms with Crippen LogP contribution in [0.4, 0.5) is 15.9 Å². The Morgan fingerprint density at radius 1 is 1.19 bits per heavy atom. The summed E-state index contributed by atoms with van der Waals surface area (Å²) in [5.41, 5.74) is 12.1. The summed E-state index contributed by atoms with van der Waals surface area (Å²) in [6.07, 6.45) is 9.12. The number of nitrogens with one attached hydrogen (secondary N) is 1. The summed E-state index contributed by atoms with van der Waals surface area (Å²) in [4.78, 5) is 16.7. The minimum atomic E-state index is -0.281. The molecule has 1 atom stereocenters. The summed E-state index contributed by atoms with van der Waals surface area (Å²) in [5.74, 6) is 1.09. The van der Waals surface area contributed by atoms with E-state index in [-0.39, 0.29) is 23.3 Å². The smallest absolute Gasteiger partial charge is 0.324 e. The van der Waals surface area contributed by atoms with Gasteiger partial charge in [-0.15, -0.1) is 0 Å². The molecule has 3 aromatic heterocycles. The van der Waals surface area contributed by atoms with E-state index < -0.39 is 0 Å². The molecule has 0 unspecified atom stereocenters. The molecule has 4 aromatic rings. The first kappa shape index (κ1) is 21.4. The van der Waals surface area contributed by atoms with Crippen LogP contribution in [0.1, 0.15) is 43.0 Å². The molecule has 3 fully saturated rings. The van der Waals surface area contributed by atoms with Crippen molar-refractivity contribution in [2.24, 2.45) is 11.1 Å². The molecule has 3 aliphatic carbocycles. The molecule has 1 saturated heterocycles. The molecule has 3 N–H and O–H groups in total. The summed E-state index contributed by atoms with van der Waals surface area (Å²) in [7, 11) is 1.81. The maximum absolute atomic E-state index is 14.6. The number of halogens is 1. The van der Waals surface area contributed by atoms with Gasteiger partial charge in [-0.1, -0.05) is 0 Å². The van der Waals surface area contributed by atoms with Gasteiger partial charge in [-0.3, -0.25) is 0 Å². The number of rotatable bonds is 5. The van der Waals surface area contributed by atoms with Gasteiger partial charge in [-0.2, -0.15) is 9.97 Å². The average molecular weight is 498 g/mol. The van der Waals surface area contributed by atoms with Crippen LogP contribution in [-0.2, 0) is 6.42 Å². The fraction of sp³-hybridized carbons (Fsp3) is 0.393. The lowest BCUT2D eigenvalue weighted by atomic mass is 10.0. The molecule has 4 heterocycles. The lowest BCUT2D eigenvalue weighted by Crippen LogP contribution is -2.30. The molecular weight excluding hydrogens is 469 g/mol. The van der Waals surface area contributed by atoms with E-state index in [1.54, 1.807) is 12.3 Å². The Balaban J connectivity index is 1.22. The van der Waals surface area contributed by atoms with E-state index in [4.69, 9.17) is 20.4 Å². The topological polar surface area (TPSA) is 94.1 Å². The Bertz CT molecular complexity index is 1590. The molecule has 2 saturated carbocycles. The highest BCUT2D eigenvalue weighted by Gasteiger charge is 2.54. The third-order valence-electron chi connectivity index (χ3n) is 8.62. The molecule has 0 bridgehead atoms. The second kappa shape index (κ2) is 7.41. The number of anilines is 2. The van der Waals surface area contributed by atoms with E-state index >= 15 is 0 Å². The summed E-state index contributed by atoms with van der Waals surface area (Å²) in [6.45, 7) is 1.57. The second-order valence-corrected chi connectivity index (χ2v) is 11.0. The SMILES string of the molecule is CNc1cc(F)cc2c1Cc1nc(Oc3cnc4c(ccn4C4CC4)c3)nc(N3C[C@H](N)C4(CC4)C3)c1-2. The van der Waals surface area contributed by atoms with Crippen LogP contribution in [0, 0.1) is 11.2 Å². The monoisotopic (exact) mass is 497 g/mol. The predicted octanol–water partition coefficient (Wildman–Crippen LogP) is 4.63. The van der Waals surface area contributed by atoms with Gasteiger partial charge in [0.05, 0.1) is 11.9 Å². The van der Waals surface area contributed by atoms with Crippen LogP contribution in [0.3, 0.4) is 0 Å². The highest BCUT2D eigenvalue weighted by atomic mass is 19.1. The molecule has 1 spiro atoms. The highest BCUT2D eigenvalue weighted by molar-refractivity contribution is 5.88. The number of fused-ring (bicyclic) bond motifs is 4. The van der Waals surface area contributed by atoms with Gasteiger partial charge in [0.15, 0.2) is 0 Å². The molecule has 0 amide bonds. The lowest BCUT2D eigenvalue weighted by Gasteiger charge is -2.21. The number of nitrogens with two attached hydrogens (primary N) is 1. The second-order valence-electron chi connectivity index (χ2n) is 11.0. The number of benzene rings is 1. The van der Waals surface area contributed by atoms with E-state index in [0.29, 0.717) is 24.8 Å². The third-order valence-corrected chi connectivity index (χ3v) is 8.62. The Hall–Kier alpha value is -3.72. The summed E-state index contributed by atoms with van der Waals surface area (Å²) < 4.78 is 23.1. The fourth-order valence-electron chi connectivity index (χ4n) is 6.27. The van der Waals surface area contributed by atoms with Crippen molar-refractivity contribution in [2.45, 2.75) is 44.2 Å². The minimum absolute atomic E-state index is 0.103. The van der Waals surface area contributed by atoms with Crippen molar-refractivity contribution in [3.63, 3.8) is 0 Å². The van der Waals surface area contributed by atoms with Gasteiger partial charge in [-0.05, 0) is 61.1 Å². The Morgan fingerprint density at radius 2 is 2.05 bits per heavy atom. The largest absolute Gasteiger partial charge is 0.423 e. The predicted molar refractivity (Wildman–Crippen MR) is 140 cm³/mol. The molecule has 4 aliphatic rings. The number of pyridine rings is 1. The molecule has 8 rings (SSSR count). The Kier molecular flexibility index (Phi) is 4.28. The van der Waals surface area contributed by atoms with Crippen LogP contribution in [0.5, 0.6) is 11.8 Å². The van der Waals surface area contributed by atoms with Gasteiger partial charge >= 0.3 is 6.01 Å². The molecule has 1 aromatic carbocycles. The summed E-state index contributed by atoms with van der Waals surface area (Å²) in [6, 6.07) is 8.15. The first-order valence-corrected chi connectivity index (χ1v) is 13.1. The number of hydrogen-bond acceptors (Lipinski definition) is 7. The fourth-order valence-corrected chi connectivity index (χ4v) is 6.27. The van der Waals surface area contributed by atoms with Gasteiger partial charge in [-0.25, -0.2) is 9.37 Å². The van der Waals surface area contributed by atoms with Gasteiger partial charge in [0.2, 0.25) is 0 Å². The first-order valence-electron chi connectivity index (χ1n) is 13.1. The van der Waals surface area contributed by atoms with Gasteiger partial charge in [0.1, 0.15) is 23.0 Å². The van der Waals surface area contributed by atoms with E-state index in [0.717, 1.165) is 64.3 Å². The number of nitrogens with zero attached hydrogens (tertiary/aromatic N) is 5. The van der Waals surface area contributed by atoms with E-state index in [1.165, 1.54) is 18.9 Å². The molecular formula is C28H28FN7O. The molecule has 1 aliphatic heterocycles. The maximum atomic E-state index is 14.6. The highest BCUT2D eigenvalue weighted by Crippen LogP contribution is 2.54. The van der Waals surface area contributed by atoms with Crippen LogP contribution in [0.2, 0.25) is 0 Å². The molecule has 8 nitrogen and oxygen atoms in total. The lowest BCUT2D eigenvalue weighted by molar-refractivity contribution is 0.439. The molecule has 9 heteroatoms. The zero-order valence-electron chi connectivity index (χ0n) is 20.7. The minimum Gasteiger partial charge on any atom is -0.423 e. The Labute approximate surface area is 213 Å². The normalized spacial score (nSPS) is 20.9. The van der Waals surface area contributed by atoms with Crippen LogP contribution in [-0.4, -0.2) is 45.7 Å². The quantitative estimate of drug-likeness (QED) is 0.366. The van der Waals surface area contributed by atoms with Crippen LogP contribution >= 0.6 is 0 Å². The van der Waals surface area contributed by atoms with Crippen molar-refractivity contribution in [2.75, 3.05) is 30.4 Å². The first-order chi connectivity index (χ1) is 18.0. The number of hydrogen-bond donors (Lipinski definition) is 2. The van der Waals surface area contributed by atoms with Crippen molar-refractivity contribution < 1.29 is 9.13 Å². The third kappa shape index (κ3) is 3.26. The van der Waals surface area contributed by atoms with E-state index in [1.807, 2.05) is 13.1 Å². The number of ether oxygens (including phenoxy) is 1. The van der Waals surface area contributed by atoms with Crippen molar-refractivity contribution in [1.82, 2.24) is 19.5 Å². The van der Waals surface area contributed by atoms with Gasteiger partial charge < -0.3 is 25.3 Å². The van der Waals surface area contributed by atoms with E-state index in [9.17, 15) is 4.39 Å². The zero-order chi connectivity index (χ0) is 24.9. The molecule has 188 valence electrons. The van der Waals surface area contributed by atoms with Gasteiger partial charge in [0, 0.05) is 66.9 Å². The molecule has 37 heavy (non-hydrogen) atoms. The van der Waals surface area contributed by atoms with Crippen LogP contribution in [0.15, 0.2) is 36.7 Å². The van der Waals surface area contributed by atoms with Crippen LogP contribution < -0.4 is 20.7 Å². The zero-order valence-corrected chi connectivity index (χ0v) is 20.7. The van der Waals surface area contributed by atoms with Crippen LogP contribution in [0.25, 0.3) is 22.2 Å².